The molecule has 4 rings (SSSR count). The number of aryl methyl sites for hydroxylation is 2. The molecule has 3 aromatic rings. The van der Waals surface area contributed by atoms with E-state index in [4.69, 9.17) is 9.72 Å². The minimum absolute atomic E-state index is 0.0444. The molecular formula is C26H32N4O2. The van der Waals surface area contributed by atoms with Crippen molar-refractivity contribution in [3.05, 3.63) is 87.3 Å². The fourth-order valence-corrected chi connectivity index (χ4v) is 4.21. The third kappa shape index (κ3) is 4.76. The first-order valence-electron chi connectivity index (χ1n) is 11.3. The zero-order valence-electron chi connectivity index (χ0n) is 19.3. The van der Waals surface area contributed by atoms with Gasteiger partial charge in [-0.05, 0) is 43.0 Å². The number of hydrogen-bond acceptors (Lipinski definition) is 5. The van der Waals surface area contributed by atoms with Gasteiger partial charge in [-0.1, -0.05) is 49.4 Å². The molecule has 0 saturated carbocycles. The maximum absolute atomic E-state index is 13.6. The third-order valence-electron chi connectivity index (χ3n) is 6.08. The van der Waals surface area contributed by atoms with Crippen LogP contribution in [0, 0.1) is 6.92 Å². The van der Waals surface area contributed by atoms with Crippen molar-refractivity contribution in [2.24, 2.45) is 0 Å². The molecule has 0 amide bonds. The van der Waals surface area contributed by atoms with Crippen LogP contribution in [0.5, 0.6) is 0 Å². The summed E-state index contributed by atoms with van der Waals surface area (Å²) >= 11 is 0. The summed E-state index contributed by atoms with van der Waals surface area (Å²) in [5.41, 5.74) is 5.07. The molecule has 0 saturated heterocycles. The number of ether oxygens (including phenoxy) is 1. The van der Waals surface area contributed by atoms with Gasteiger partial charge in [0.15, 0.2) is 0 Å². The zero-order valence-corrected chi connectivity index (χ0v) is 19.3. The summed E-state index contributed by atoms with van der Waals surface area (Å²) in [6.45, 7) is 6.89. The van der Waals surface area contributed by atoms with Gasteiger partial charge in [-0.25, -0.2) is 4.98 Å². The standard InChI is InChI=1S/C26H32N4O2/c1-4-21-11-13-23(14-12-21)29-18-28(15-8-16-32-3)19-30-25(31)24(20(2)27-26(29)30)17-22-9-6-5-7-10-22/h5-7,9-14H,4,8,15-19H2,1-3H3. The molecule has 0 aliphatic carbocycles. The minimum Gasteiger partial charge on any atom is -0.385 e. The summed E-state index contributed by atoms with van der Waals surface area (Å²) < 4.78 is 7.07. The van der Waals surface area contributed by atoms with Gasteiger partial charge in [-0.2, -0.15) is 0 Å². The molecule has 2 heterocycles. The van der Waals surface area contributed by atoms with Crippen LogP contribution in [-0.2, 0) is 24.2 Å². The SMILES string of the molecule is CCc1ccc(N2CN(CCCOC)Cn3c2nc(C)c(Cc2ccccc2)c3=O)cc1. The van der Waals surface area contributed by atoms with Crippen LogP contribution in [-0.4, -0.2) is 41.4 Å². The second-order valence-corrected chi connectivity index (χ2v) is 8.34. The lowest BCUT2D eigenvalue weighted by Gasteiger charge is -2.38. The van der Waals surface area contributed by atoms with Gasteiger partial charge in [0.05, 0.1) is 19.0 Å². The van der Waals surface area contributed by atoms with Crippen LogP contribution in [0.15, 0.2) is 59.4 Å². The quantitative estimate of drug-likeness (QED) is 0.502. The second kappa shape index (κ2) is 10.1. The first-order chi connectivity index (χ1) is 15.6. The summed E-state index contributed by atoms with van der Waals surface area (Å²) in [4.78, 5) is 23.0. The first-order valence-corrected chi connectivity index (χ1v) is 11.3. The average Bonchev–Trinajstić information content (AvgIpc) is 2.83. The van der Waals surface area contributed by atoms with E-state index in [1.165, 1.54) is 5.56 Å². The molecule has 32 heavy (non-hydrogen) atoms. The molecule has 6 nitrogen and oxygen atoms in total. The van der Waals surface area contributed by atoms with E-state index in [9.17, 15) is 4.79 Å². The van der Waals surface area contributed by atoms with Crippen LogP contribution >= 0.6 is 0 Å². The Bertz CT molecular complexity index is 1090. The topological polar surface area (TPSA) is 50.6 Å². The highest BCUT2D eigenvalue weighted by molar-refractivity contribution is 5.59. The molecule has 0 bridgehead atoms. The number of methoxy groups -OCH3 is 1. The lowest BCUT2D eigenvalue weighted by molar-refractivity contribution is 0.150. The highest BCUT2D eigenvalue weighted by atomic mass is 16.5. The molecule has 0 spiro atoms. The Morgan fingerprint density at radius 3 is 2.44 bits per heavy atom. The number of hydrogen-bond donors (Lipinski definition) is 0. The van der Waals surface area contributed by atoms with Crippen molar-refractivity contribution < 1.29 is 4.74 Å². The van der Waals surface area contributed by atoms with E-state index in [1.54, 1.807) is 7.11 Å². The van der Waals surface area contributed by atoms with Crippen LogP contribution in [0.2, 0.25) is 0 Å². The van der Waals surface area contributed by atoms with E-state index < -0.39 is 0 Å². The summed E-state index contributed by atoms with van der Waals surface area (Å²) in [5.74, 6) is 0.719. The number of rotatable bonds is 8. The maximum atomic E-state index is 13.6. The van der Waals surface area contributed by atoms with Crippen LogP contribution in [0.25, 0.3) is 0 Å². The molecule has 2 aromatic carbocycles. The molecule has 0 fully saturated rings. The lowest BCUT2D eigenvalue weighted by atomic mass is 10.1. The molecule has 0 unspecified atom stereocenters. The predicted octanol–water partition coefficient (Wildman–Crippen LogP) is 4.11. The summed E-state index contributed by atoms with van der Waals surface area (Å²) in [6.07, 6.45) is 2.51. The average molecular weight is 433 g/mol. The first kappa shape index (κ1) is 22.2. The Hall–Kier alpha value is -2.96. The molecular weight excluding hydrogens is 400 g/mol. The Labute approximate surface area is 190 Å². The third-order valence-corrected chi connectivity index (χ3v) is 6.08. The van der Waals surface area contributed by atoms with Crippen molar-refractivity contribution in [1.82, 2.24) is 14.5 Å². The Balaban J connectivity index is 1.74. The molecule has 1 aliphatic rings. The van der Waals surface area contributed by atoms with Gasteiger partial charge in [-0.15, -0.1) is 0 Å². The van der Waals surface area contributed by atoms with Crippen molar-refractivity contribution >= 4 is 11.6 Å². The molecule has 168 valence electrons. The van der Waals surface area contributed by atoms with Crippen molar-refractivity contribution in [3.8, 4) is 0 Å². The lowest BCUT2D eigenvalue weighted by Crippen LogP contribution is -2.48. The molecule has 0 N–H and O–H groups in total. The van der Waals surface area contributed by atoms with E-state index in [1.807, 2.05) is 29.7 Å². The highest BCUT2D eigenvalue weighted by Crippen LogP contribution is 2.28. The number of nitrogens with zero attached hydrogens (tertiary/aromatic N) is 4. The number of aromatic nitrogens is 2. The van der Waals surface area contributed by atoms with Crippen molar-refractivity contribution in [2.45, 2.75) is 39.8 Å². The van der Waals surface area contributed by atoms with Crippen molar-refractivity contribution in [2.75, 3.05) is 31.8 Å². The summed E-state index contributed by atoms with van der Waals surface area (Å²) in [6, 6.07) is 18.7. The number of fused-ring (bicyclic) bond motifs is 1. The fraction of sp³-hybridized carbons (Fsp3) is 0.385. The van der Waals surface area contributed by atoms with Crippen molar-refractivity contribution in [1.29, 1.82) is 0 Å². The van der Waals surface area contributed by atoms with Crippen LogP contribution in [0.4, 0.5) is 11.6 Å². The maximum Gasteiger partial charge on any atom is 0.259 e. The van der Waals surface area contributed by atoms with E-state index in [2.05, 4.69) is 53.1 Å². The van der Waals surface area contributed by atoms with Crippen LogP contribution in [0.3, 0.4) is 0 Å². The monoisotopic (exact) mass is 432 g/mol. The van der Waals surface area contributed by atoms with Gasteiger partial charge in [0.25, 0.3) is 5.56 Å². The Morgan fingerprint density at radius 1 is 1.00 bits per heavy atom. The summed E-state index contributed by atoms with van der Waals surface area (Å²) in [5, 5.41) is 0. The van der Waals surface area contributed by atoms with Gasteiger partial charge >= 0.3 is 0 Å². The van der Waals surface area contributed by atoms with Crippen molar-refractivity contribution in [3.63, 3.8) is 0 Å². The Kier molecular flexibility index (Phi) is 7.02. The van der Waals surface area contributed by atoms with Gasteiger partial charge in [-0.3, -0.25) is 19.2 Å². The number of benzene rings is 2. The number of anilines is 2. The normalized spacial score (nSPS) is 13.9. The second-order valence-electron chi connectivity index (χ2n) is 8.34. The van der Waals surface area contributed by atoms with Gasteiger partial charge in [0, 0.05) is 37.9 Å². The van der Waals surface area contributed by atoms with Crippen LogP contribution < -0.4 is 10.5 Å². The molecule has 0 radical (unpaired) electrons. The van der Waals surface area contributed by atoms with Gasteiger partial charge < -0.3 is 4.74 Å². The Morgan fingerprint density at radius 2 is 1.75 bits per heavy atom. The van der Waals surface area contributed by atoms with E-state index >= 15 is 0 Å². The minimum atomic E-state index is 0.0444. The van der Waals surface area contributed by atoms with E-state index in [0.717, 1.165) is 47.8 Å². The van der Waals surface area contributed by atoms with E-state index in [-0.39, 0.29) is 5.56 Å². The van der Waals surface area contributed by atoms with Crippen LogP contribution in [0.1, 0.15) is 35.7 Å². The predicted molar refractivity (Wildman–Crippen MR) is 129 cm³/mol. The largest absolute Gasteiger partial charge is 0.385 e. The van der Waals surface area contributed by atoms with E-state index in [0.29, 0.717) is 26.4 Å². The van der Waals surface area contributed by atoms with Gasteiger partial charge in [0.2, 0.25) is 5.95 Å². The molecule has 1 aromatic heterocycles. The zero-order chi connectivity index (χ0) is 22.5. The smallest absolute Gasteiger partial charge is 0.259 e. The molecule has 1 aliphatic heterocycles. The molecule has 6 heteroatoms. The highest BCUT2D eigenvalue weighted by Gasteiger charge is 2.27. The summed E-state index contributed by atoms with van der Waals surface area (Å²) in [7, 11) is 1.72. The van der Waals surface area contributed by atoms with Gasteiger partial charge in [0.1, 0.15) is 0 Å². The fourth-order valence-electron chi connectivity index (χ4n) is 4.21. The molecule has 0 atom stereocenters.